The Balaban J connectivity index is 1.72. The van der Waals surface area contributed by atoms with E-state index >= 15 is 0 Å². The van der Waals surface area contributed by atoms with Crippen LogP contribution in [0.3, 0.4) is 0 Å². The quantitative estimate of drug-likeness (QED) is 0.869. The fourth-order valence-corrected chi connectivity index (χ4v) is 2.97. The SMILES string of the molecule is Cc1noc2ncn(CC(=O)NC3CCCCCC3)c(=O)c12. The molecule has 118 valence electrons. The summed E-state index contributed by atoms with van der Waals surface area (Å²) in [6.45, 7) is 1.66. The van der Waals surface area contributed by atoms with Crippen molar-refractivity contribution in [1.29, 1.82) is 0 Å². The van der Waals surface area contributed by atoms with Gasteiger partial charge in [-0.25, -0.2) is 4.98 Å². The topological polar surface area (TPSA) is 90.0 Å². The molecular weight excluding hydrogens is 284 g/mol. The third-order valence-corrected chi connectivity index (χ3v) is 4.17. The van der Waals surface area contributed by atoms with Crippen molar-refractivity contribution in [3.8, 4) is 0 Å². The maximum absolute atomic E-state index is 12.3. The maximum atomic E-state index is 12.3. The smallest absolute Gasteiger partial charge is 0.267 e. The summed E-state index contributed by atoms with van der Waals surface area (Å²) >= 11 is 0. The second kappa shape index (κ2) is 6.29. The Morgan fingerprint density at radius 1 is 1.36 bits per heavy atom. The van der Waals surface area contributed by atoms with Crippen molar-refractivity contribution < 1.29 is 9.32 Å². The van der Waals surface area contributed by atoms with E-state index in [1.807, 2.05) is 0 Å². The first-order valence-corrected chi connectivity index (χ1v) is 7.76. The van der Waals surface area contributed by atoms with Crippen LogP contribution in [0.5, 0.6) is 0 Å². The van der Waals surface area contributed by atoms with Gasteiger partial charge in [0.2, 0.25) is 5.91 Å². The second-order valence-corrected chi connectivity index (χ2v) is 5.88. The zero-order valence-corrected chi connectivity index (χ0v) is 12.7. The number of hydrogen-bond acceptors (Lipinski definition) is 5. The molecule has 1 fully saturated rings. The van der Waals surface area contributed by atoms with Crippen LogP contribution in [-0.4, -0.2) is 26.7 Å². The average Bonchev–Trinajstić information content (AvgIpc) is 2.71. The van der Waals surface area contributed by atoms with Crippen molar-refractivity contribution in [3.63, 3.8) is 0 Å². The molecule has 0 spiro atoms. The van der Waals surface area contributed by atoms with Gasteiger partial charge in [0.25, 0.3) is 11.3 Å². The lowest BCUT2D eigenvalue weighted by molar-refractivity contribution is -0.122. The molecule has 2 aromatic rings. The van der Waals surface area contributed by atoms with E-state index in [4.69, 9.17) is 4.52 Å². The highest BCUT2D eigenvalue weighted by molar-refractivity contribution is 5.77. The van der Waals surface area contributed by atoms with Gasteiger partial charge in [-0.15, -0.1) is 0 Å². The summed E-state index contributed by atoms with van der Waals surface area (Å²) in [6.07, 6.45) is 8.14. The number of nitrogens with one attached hydrogen (secondary N) is 1. The van der Waals surface area contributed by atoms with Crippen LogP contribution in [0.15, 0.2) is 15.6 Å². The molecule has 0 unspecified atom stereocenters. The zero-order valence-electron chi connectivity index (χ0n) is 12.7. The molecule has 1 saturated carbocycles. The number of amides is 1. The normalized spacial score (nSPS) is 16.6. The molecular formula is C15H20N4O3. The van der Waals surface area contributed by atoms with Gasteiger partial charge in [-0.1, -0.05) is 30.8 Å². The minimum atomic E-state index is -0.292. The van der Waals surface area contributed by atoms with E-state index in [0.717, 1.165) is 25.7 Å². The van der Waals surface area contributed by atoms with Crippen molar-refractivity contribution >= 4 is 17.0 Å². The van der Waals surface area contributed by atoms with Crippen LogP contribution in [0.1, 0.15) is 44.2 Å². The fourth-order valence-electron chi connectivity index (χ4n) is 2.97. The number of aryl methyl sites for hydroxylation is 1. The molecule has 1 aliphatic rings. The molecule has 7 heteroatoms. The summed E-state index contributed by atoms with van der Waals surface area (Å²) in [4.78, 5) is 28.5. The first kappa shape index (κ1) is 14.7. The standard InChI is InChI=1S/C15H20N4O3/c1-10-13-14(22-18-10)16-9-19(15(13)21)8-12(20)17-11-6-4-2-3-5-7-11/h9,11H,2-8H2,1H3,(H,17,20). The number of aromatic nitrogens is 3. The molecule has 0 atom stereocenters. The first-order chi connectivity index (χ1) is 10.6. The molecule has 1 N–H and O–H groups in total. The number of carbonyl (C=O) groups is 1. The van der Waals surface area contributed by atoms with E-state index in [1.165, 1.54) is 23.7 Å². The average molecular weight is 304 g/mol. The van der Waals surface area contributed by atoms with E-state index in [1.54, 1.807) is 6.92 Å². The third-order valence-electron chi connectivity index (χ3n) is 4.17. The number of fused-ring (bicyclic) bond motifs is 1. The fraction of sp³-hybridized carbons (Fsp3) is 0.600. The Kier molecular flexibility index (Phi) is 4.22. The van der Waals surface area contributed by atoms with Gasteiger partial charge in [0.15, 0.2) is 0 Å². The minimum Gasteiger partial charge on any atom is -0.352 e. The number of carbonyl (C=O) groups excluding carboxylic acids is 1. The lowest BCUT2D eigenvalue weighted by Crippen LogP contribution is -2.38. The highest BCUT2D eigenvalue weighted by Gasteiger charge is 2.17. The summed E-state index contributed by atoms with van der Waals surface area (Å²) in [5.74, 6) is -0.149. The van der Waals surface area contributed by atoms with Crippen LogP contribution in [0.4, 0.5) is 0 Å². The van der Waals surface area contributed by atoms with Crippen molar-refractivity contribution in [2.75, 3.05) is 0 Å². The van der Waals surface area contributed by atoms with Crippen LogP contribution in [-0.2, 0) is 11.3 Å². The molecule has 0 aliphatic heterocycles. The molecule has 1 aliphatic carbocycles. The Morgan fingerprint density at radius 2 is 2.09 bits per heavy atom. The van der Waals surface area contributed by atoms with Crippen molar-refractivity contribution in [1.82, 2.24) is 20.0 Å². The molecule has 2 heterocycles. The van der Waals surface area contributed by atoms with Gasteiger partial charge in [0.05, 0.1) is 5.69 Å². The molecule has 0 bridgehead atoms. The number of hydrogen-bond donors (Lipinski definition) is 1. The Hall–Kier alpha value is -2.18. The second-order valence-electron chi connectivity index (χ2n) is 5.88. The Morgan fingerprint density at radius 3 is 2.82 bits per heavy atom. The highest BCUT2D eigenvalue weighted by atomic mass is 16.5. The van der Waals surface area contributed by atoms with Gasteiger partial charge < -0.3 is 9.84 Å². The van der Waals surface area contributed by atoms with E-state index in [9.17, 15) is 9.59 Å². The van der Waals surface area contributed by atoms with Crippen LogP contribution in [0.2, 0.25) is 0 Å². The Labute approximate surface area is 127 Å². The van der Waals surface area contributed by atoms with Gasteiger partial charge in [0, 0.05) is 6.04 Å². The summed E-state index contributed by atoms with van der Waals surface area (Å²) in [5.41, 5.74) is 0.411. The minimum absolute atomic E-state index is 0.0249. The van der Waals surface area contributed by atoms with Gasteiger partial charge >= 0.3 is 0 Å². The van der Waals surface area contributed by atoms with Gasteiger partial charge in [-0.3, -0.25) is 14.2 Å². The largest absolute Gasteiger partial charge is 0.352 e. The summed E-state index contributed by atoms with van der Waals surface area (Å²) in [7, 11) is 0. The molecule has 3 rings (SSSR count). The molecule has 1 amide bonds. The maximum Gasteiger partial charge on any atom is 0.267 e. The van der Waals surface area contributed by atoms with Gasteiger partial charge in [-0.05, 0) is 19.8 Å². The summed E-state index contributed by atoms with van der Waals surface area (Å²) < 4.78 is 6.25. The van der Waals surface area contributed by atoms with Crippen molar-refractivity contribution in [2.45, 2.75) is 58.0 Å². The van der Waals surface area contributed by atoms with Gasteiger partial charge in [0.1, 0.15) is 18.3 Å². The van der Waals surface area contributed by atoms with Crippen LogP contribution in [0.25, 0.3) is 11.1 Å². The lowest BCUT2D eigenvalue weighted by Gasteiger charge is -2.16. The van der Waals surface area contributed by atoms with Crippen molar-refractivity contribution in [2.24, 2.45) is 0 Å². The molecule has 2 aromatic heterocycles. The van der Waals surface area contributed by atoms with Crippen LogP contribution >= 0.6 is 0 Å². The third kappa shape index (κ3) is 3.03. The van der Waals surface area contributed by atoms with E-state index < -0.39 is 0 Å². The predicted molar refractivity (Wildman–Crippen MR) is 80.4 cm³/mol. The zero-order chi connectivity index (χ0) is 15.5. The lowest BCUT2D eigenvalue weighted by atomic mass is 10.1. The summed E-state index contributed by atoms with van der Waals surface area (Å²) in [5, 5.41) is 7.09. The molecule has 22 heavy (non-hydrogen) atoms. The van der Waals surface area contributed by atoms with Crippen LogP contribution < -0.4 is 10.9 Å². The van der Waals surface area contributed by atoms with E-state index in [2.05, 4.69) is 15.5 Å². The van der Waals surface area contributed by atoms with E-state index in [0.29, 0.717) is 11.1 Å². The molecule has 0 aromatic carbocycles. The van der Waals surface area contributed by atoms with Crippen molar-refractivity contribution in [3.05, 3.63) is 22.4 Å². The van der Waals surface area contributed by atoms with Gasteiger partial charge in [-0.2, -0.15) is 0 Å². The highest BCUT2D eigenvalue weighted by Crippen LogP contribution is 2.17. The molecule has 7 nitrogen and oxygen atoms in total. The monoisotopic (exact) mass is 304 g/mol. The number of rotatable bonds is 3. The first-order valence-electron chi connectivity index (χ1n) is 7.76. The Bertz CT molecular complexity index is 726. The van der Waals surface area contributed by atoms with E-state index in [-0.39, 0.29) is 29.8 Å². The predicted octanol–water partition coefficient (Wildman–Crippen LogP) is 1.53. The molecule has 0 saturated heterocycles. The summed E-state index contributed by atoms with van der Waals surface area (Å²) in [6, 6.07) is 0.222. The molecule has 0 radical (unpaired) electrons. The van der Waals surface area contributed by atoms with Crippen LogP contribution in [0, 0.1) is 6.92 Å². The number of nitrogens with zero attached hydrogens (tertiary/aromatic N) is 3.